The molecule has 2 aromatic carbocycles. The summed E-state index contributed by atoms with van der Waals surface area (Å²) in [6.45, 7) is 5.61. The number of hydrogen-bond acceptors (Lipinski definition) is 2. The second-order valence-corrected chi connectivity index (χ2v) is 5.18. The average molecular weight is 269 g/mol. The largest absolute Gasteiger partial charge is 0.391 e. The van der Waals surface area contributed by atoms with Gasteiger partial charge in [0.2, 0.25) is 0 Å². The van der Waals surface area contributed by atoms with Crippen LogP contribution in [0, 0.1) is 6.92 Å². The monoisotopic (exact) mass is 269 g/mol. The van der Waals surface area contributed by atoms with E-state index in [0.29, 0.717) is 6.54 Å². The molecule has 0 radical (unpaired) electrons. The second-order valence-electron chi connectivity index (χ2n) is 5.18. The van der Waals surface area contributed by atoms with Crippen molar-refractivity contribution in [3.63, 3.8) is 0 Å². The van der Waals surface area contributed by atoms with E-state index in [0.717, 1.165) is 12.1 Å². The van der Waals surface area contributed by atoms with E-state index in [2.05, 4.69) is 55.6 Å². The fourth-order valence-electron chi connectivity index (χ4n) is 2.57. The number of hydrogen-bond donors (Lipinski definition) is 2. The molecule has 0 amide bonds. The molecule has 0 fully saturated rings. The minimum absolute atomic E-state index is 0.00940. The van der Waals surface area contributed by atoms with Crippen molar-refractivity contribution in [2.24, 2.45) is 0 Å². The Labute approximate surface area is 121 Å². The molecule has 2 N–H and O–H groups in total. The van der Waals surface area contributed by atoms with Crippen LogP contribution in [0.25, 0.3) is 0 Å². The molecule has 2 atom stereocenters. The minimum atomic E-state index is -0.431. The highest BCUT2D eigenvalue weighted by atomic mass is 16.3. The molecule has 0 saturated heterocycles. The van der Waals surface area contributed by atoms with Crippen LogP contribution in [0.4, 0.5) is 0 Å². The van der Waals surface area contributed by atoms with Crippen molar-refractivity contribution in [1.82, 2.24) is 5.32 Å². The maximum atomic E-state index is 10.6. The van der Waals surface area contributed by atoms with Gasteiger partial charge in [-0.15, -0.1) is 0 Å². The van der Waals surface area contributed by atoms with Gasteiger partial charge >= 0.3 is 0 Å². The van der Waals surface area contributed by atoms with Gasteiger partial charge < -0.3 is 10.4 Å². The topological polar surface area (TPSA) is 32.3 Å². The molecule has 2 nitrogen and oxygen atoms in total. The Morgan fingerprint density at radius 2 is 1.70 bits per heavy atom. The number of nitrogens with one attached hydrogen (secondary N) is 1. The maximum absolute atomic E-state index is 10.6. The van der Waals surface area contributed by atoms with Crippen LogP contribution in [0.15, 0.2) is 54.6 Å². The third-order valence-corrected chi connectivity index (χ3v) is 3.55. The molecule has 0 spiro atoms. The molecule has 106 valence electrons. The molecule has 2 rings (SSSR count). The van der Waals surface area contributed by atoms with Gasteiger partial charge in [-0.05, 0) is 24.6 Å². The molecular formula is C18H23NO. The Morgan fingerprint density at radius 1 is 1.00 bits per heavy atom. The maximum Gasteiger partial charge on any atom is 0.0773 e. The first-order valence-electron chi connectivity index (χ1n) is 7.22. The SMILES string of the molecule is CCNCC(O)C(c1ccccc1)c1cccc(C)c1. The van der Waals surface area contributed by atoms with Crippen molar-refractivity contribution in [2.75, 3.05) is 13.1 Å². The molecule has 0 bridgehead atoms. The summed E-state index contributed by atoms with van der Waals surface area (Å²) in [6.07, 6.45) is -0.431. The van der Waals surface area contributed by atoms with Crippen LogP contribution in [-0.4, -0.2) is 24.3 Å². The Morgan fingerprint density at radius 3 is 2.35 bits per heavy atom. The Bertz CT molecular complexity index is 524. The molecule has 0 aliphatic rings. The fraction of sp³-hybridized carbons (Fsp3) is 0.333. The van der Waals surface area contributed by atoms with Gasteiger partial charge in [-0.3, -0.25) is 0 Å². The molecule has 0 aromatic heterocycles. The highest BCUT2D eigenvalue weighted by Gasteiger charge is 2.22. The van der Waals surface area contributed by atoms with Crippen molar-refractivity contribution >= 4 is 0 Å². The predicted molar refractivity (Wildman–Crippen MR) is 84.0 cm³/mol. The molecule has 0 aliphatic heterocycles. The first kappa shape index (κ1) is 14.8. The molecule has 0 saturated carbocycles. The lowest BCUT2D eigenvalue weighted by Crippen LogP contribution is -2.32. The van der Waals surface area contributed by atoms with Gasteiger partial charge in [0.05, 0.1) is 6.10 Å². The number of likely N-dealkylation sites (N-methyl/N-ethyl adjacent to an activating group) is 1. The molecule has 2 aromatic rings. The smallest absolute Gasteiger partial charge is 0.0773 e. The first-order valence-corrected chi connectivity index (χ1v) is 7.22. The van der Waals surface area contributed by atoms with Gasteiger partial charge in [0.15, 0.2) is 0 Å². The summed E-state index contributed by atoms with van der Waals surface area (Å²) in [4.78, 5) is 0. The van der Waals surface area contributed by atoms with E-state index in [4.69, 9.17) is 0 Å². The summed E-state index contributed by atoms with van der Waals surface area (Å²) in [5, 5.41) is 13.8. The van der Waals surface area contributed by atoms with Crippen LogP contribution >= 0.6 is 0 Å². The predicted octanol–water partition coefficient (Wildman–Crippen LogP) is 3.10. The van der Waals surface area contributed by atoms with E-state index in [9.17, 15) is 5.11 Å². The van der Waals surface area contributed by atoms with Crippen molar-refractivity contribution in [2.45, 2.75) is 25.9 Å². The van der Waals surface area contributed by atoms with Gasteiger partial charge in [0, 0.05) is 12.5 Å². The molecule has 2 heteroatoms. The van der Waals surface area contributed by atoms with E-state index in [-0.39, 0.29) is 5.92 Å². The number of benzene rings is 2. The number of aryl methyl sites for hydroxylation is 1. The summed E-state index contributed by atoms with van der Waals surface area (Å²) < 4.78 is 0. The van der Waals surface area contributed by atoms with Crippen molar-refractivity contribution in [1.29, 1.82) is 0 Å². The molecule has 0 heterocycles. The van der Waals surface area contributed by atoms with Crippen molar-refractivity contribution < 1.29 is 5.11 Å². The zero-order chi connectivity index (χ0) is 14.4. The molecule has 20 heavy (non-hydrogen) atoms. The van der Waals surface area contributed by atoms with Crippen LogP contribution in [0.3, 0.4) is 0 Å². The van der Waals surface area contributed by atoms with Crippen LogP contribution in [0.1, 0.15) is 29.5 Å². The van der Waals surface area contributed by atoms with Crippen molar-refractivity contribution in [3.8, 4) is 0 Å². The average Bonchev–Trinajstić information content (AvgIpc) is 2.46. The highest BCUT2D eigenvalue weighted by Crippen LogP contribution is 2.28. The summed E-state index contributed by atoms with van der Waals surface area (Å²) >= 11 is 0. The second kappa shape index (κ2) is 7.22. The van der Waals surface area contributed by atoms with E-state index in [1.165, 1.54) is 11.1 Å². The van der Waals surface area contributed by atoms with Gasteiger partial charge in [-0.1, -0.05) is 67.1 Å². The van der Waals surface area contributed by atoms with Gasteiger partial charge in [-0.2, -0.15) is 0 Å². The Balaban J connectivity index is 2.34. The molecular weight excluding hydrogens is 246 g/mol. The Kier molecular flexibility index (Phi) is 5.33. The van der Waals surface area contributed by atoms with Gasteiger partial charge in [0.25, 0.3) is 0 Å². The normalized spacial score (nSPS) is 13.9. The lowest BCUT2D eigenvalue weighted by Gasteiger charge is -2.24. The zero-order valence-corrected chi connectivity index (χ0v) is 12.2. The van der Waals surface area contributed by atoms with Crippen molar-refractivity contribution in [3.05, 3.63) is 71.3 Å². The van der Waals surface area contributed by atoms with Gasteiger partial charge in [-0.25, -0.2) is 0 Å². The number of rotatable bonds is 6. The minimum Gasteiger partial charge on any atom is -0.391 e. The third kappa shape index (κ3) is 3.69. The fourth-order valence-corrected chi connectivity index (χ4v) is 2.57. The summed E-state index contributed by atoms with van der Waals surface area (Å²) in [6, 6.07) is 18.6. The van der Waals surface area contributed by atoms with E-state index < -0.39 is 6.10 Å². The highest BCUT2D eigenvalue weighted by molar-refractivity contribution is 5.35. The Hall–Kier alpha value is -1.64. The summed E-state index contributed by atoms with van der Waals surface area (Å²) in [5.41, 5.74) is 3.55. The lowest BCUT2D eigenvalue weighted by molar-refractivity contribution is 0.154. The van der Waals surface area contributed by atoms with Crippen LogP contribution in [0.5, 0.6) is 0 Å². The standard InChI is InChI=1S/C18H23NO/c1-3-19-13-17(20)18(15-9-5-4-6-10-15)16-11-7-8-14(2)12-16/h4-12,17-20H,3,13H2,1-2H3. The third-order valence-electron chi connectivity index (χ3n) is 3.55. The molecule has 0 aliphatic carbocycles. The van der Waals surface area contributed by atoms with E-state index >= 15 is 0 Å². The summed E-state index contributed by atoms with van der Waals surface area (Å²) in [5.74, 6) is 0.00940. The zero-order valence-electron chi connectivity index (χ0n) is 12.2. The summed E-state index contributed by atoms with van der Waals surface area (Å²) in [7, 11) is 0. The van der Waals surface area contributed by atoms with E-state index in [1.807, 2.05) is 18.2 Å². The van der Waals surface area contributed by atoms with Crippen LogP contribution in [-0.2, 0) is 0 Å². The van der Waals surface area contributed by atoms with E-state index in [1.54, 1.807) is 0 Å². The first-order chi connectivity index (χ1) is 9.72. The quantitative estimate of drug-likeness (QED) is 0.844. The number of aliphatic hydroxyl groups is 1. The number of aliphatic hydroxyl groups excluding tert-OH is 1. The van der Waals surface area contributed by atoms with Crippen LogP contribution < -0.4 is 5.32 Å². The molecule has 2 unspecified atom stereocenters. The lowest BCUT2D eigenvalue weighted by atomic mass is 9.86. The van der Waals surface area contributed by atoms with Crippen LogP contribution in [0.2, 0.25) is 0 Å². The van der Waals surface area contributed by atoms with Gasteiger partial charge in [0.1, 0.15) is 0 Å².